The fraction of sp³-hybridized carbons (Fsp3) is 1.00. The third-order valence-corrected chi connectivity index (χ3v) is 5.49. The first-order valence-corrected chi connectivity index (χ1v) is 9.43. The van der Waals surface area contributed by atoms with Crippen LogP contribution < -0.4 is 0 Å². The van der Waals surface area contributed by atoms with Crippen LogP contribution in [0.3, 0.4) is 0 Å². The largest absolute Gasteiger partial charge is 0.303 e. The Labute approximate surface area is 128 Å². The lowest BCUT2D eigenvalue weighted by atomic mass is 9.93. The van der Waals surface area contributed by atoms with Gasteiger partial charge in [0.25, 0.3) is 0 Å². The standard InChI is InChI=1S/C16H31BrN2/c1-18-12-6-5-7-15(18)10-13-19(14-11-17)16-8-3-2-4-9-16/h15-16H,2-14H2,1H3. The van der Waals surface area contributed by atoms with E-state index in [4.69, 9.17) is 0 Å². The van der Waals surface area contributed by atoms with E-state index < -0.39 is 0 Å². The first-order valence-electron chi connectivity index (χ1n) is 8.31. The first-order chi connectivity index (χ1) is 9.31. The summed E-state index contributed by atoms with van der Waals surface area (Å²) >= 11 is 3.64. The van der Waals surface area contributed by atoms with Gasteiger partial charge in [0, 0.05) is 24.0 Å². The van der Waals surface area contributed by atoms with E-state index in [-0.39, 0.29) is 0 Å². The Morgan fingerprint density at radius 1 is 1.00 bits per heavy atom. The van der Waals surface area contributed by atoms with Gasteiger partial charge in [0.1, 0.15) is 0 Å². The van der Waals surface area contributed by atoms with E-state index in [1.165, 1.54) is 77.4 Å². The van der Waals surface area contributed by atoms with E-state index in [0.29, 0.717) is 0 Å². The molecule has 19 heavy (non-hydrogen) atoms. The molecule has 1 aliphatic heterocycles. The number of piperidine rings is 1. The predicted molar refractivity (Wildman–Crippen MR) is 87.1 cm³/mol. The van der Waals surface area contributed by atoms with Gasteiger partial charge in [-0.2, -0.15) is 0 Å². The summed E-state index contributed by atoms with van der Waals surface area (Å²) < 4.78 is 0. The van der Waals surface area contributed by atoms with Gasteiger partial charge in [-0.15, -0.1) is 0 Å². The molecule has 0 amide bonds. The van der Waals surface area contributed by atoms with Gasteiger partial charge >= 0.3 is 0 Å². The Morgan fingerprint density at radius 3 is 2.42 bits per heavy atom. The SMILES string of the molecule is CN1CCCCC1CCN(CCBr)C1CCCCC1. The maximum Gasteiger partial charge on any atom is 0.0159 e. The fourth-order valence-corrected chi connectivity index (χ4v) is 4.31. The lowest BCUT2D eigenvalue weighted by molar-refractivity contribution is 0.123. The number of rotatable bonds is 6. The molecule has 0 spiro atoms. The number of nitrogens with zero attached hydrogens (tertiary/aromatic N) is 2. The Morgan fingerprint density at radius 2 is 1.74 bits per heavy atom. The minimum Gasteiger partial charge on any atom is -0.303 e. The van der Waals surface area contributed by atoms with E-state index in [1.54, 1.807) is 0 Å². The smallest absolute Gasteiger partial charge is 0.0159 e. The molecule has 1 heterocycles. The number of likely N-dealkylation sites (tertiary alicyclic amines) is 1. The zero-order valence-electron chi connectivity index (χ0n) is 12.6. The van der Waals surface area contributed by atoms with Crippen molar-refractivity contribution in [3.8, 4) is 0 Å². The molecular formula is C16H31BrN2. The van der Waals surface area contributed by atoms with Crippen molar-refractivity contribution in [1.82, 2.24) is 9.80 Å². The third kappa shape index (κ3) is 5.02. The highest BCUT2D eigenvalue weighted by atomic mass is 79.9. The highest BCUT2D eigenvalue weighted by Gasteiger charge is 2.23. The van der Waals surface area contributed by atoms with E-state index >= 15 is 0 Å². The quantitative estimate of drug-likeness (QED) is 0.681. The average Bonchev–Trinajstić information content (AvgIpc) is 2.46. The van der Waals surface area contributed by atoms with Crippen LogP contribution >= 0.6 is 15.9 Å². The molecule has 2 aliphatic rings. The average molecular weight is 331 g/mol. The van der Waals surface area contributed by atoms with Crippen LogP contribution in [0.1, 0.15) is 57.8 Å². The Kier molecular flexibility index (Phi) is 7.17. The fourth-order valence-electron chi connectivity index (χ4n) is 3.86. The maximum atomic E-state index is 3.64. The van der Waals surface area contributed by atoms with Crippen LogP contribution in [-0.4, -0.2) is 53.9 Å². The summed E-state index contributed by atoms with van der Waals surface area (Å²) in [6.07, 6.45) is 12.9. The zero-order valence-corrected chi connectivity index (χ0v) is 14.2. The molecule has 1 aliphatic carbocycles. The molecule has 0 radical (unpaired) electrons. The van der Waals surface area contributed by atoms with Crippen LogP contribution in [0.2, 0.25) is 0 Å². The van der Waals surface area contributed by atoms with Crippen molar-refractivity contribution in [3.05, 3.63) is 0 Å². The molecule has 1 unspecified atom stereocenters. The summed E-state index contributed by atoms with van der Waals surface area (Å²) in [7, 11) is 2.32. The molecule has 0 N–H and O–H groups in total. The molecule has 0 bridgehead atoms. The van der Waals surface area contributed by atoms with Crippen LogP contribution in [-0.2, 0) is 0 Å². The molecule has 0 aromatic heterocycles. The molecule has 0 aromatic rings. The van der Waals surface area contributed by atoms with Crippen molar-refractivity contribution in [2.45, 2.75) is 69.9 Å². The number of halogens is 1. The van der Waals surface area contributed by atoms with Crippen LogP contribution in [0, 0.1) is 0 Å². The summed E-state index contributed by atoms with van der Waals surface area (Å²) in [5.74, 6) is 0. The van der Waals surface area contributed by atoms with E-state index in [1.807, 2.05) is 0 Å². The lowest BCUT2D eigenvalue weighted by Gasteiger charge is -2.37. The second-order valence-electron chi connectivity index (χ2n) is 6.44. The highest BCUT2D eigenvalue weighted by molar-refractivity contribution is 9.09. The number of alkyl halides is 1. The van der Waals surface area contributed by atoms with Crippen molar-refractivity contribution in [2.75, 3.05) is 32.0 Å². The minimum atomic E-state index is 0.843. The molecule has 2 rings (SSSR count). The Bertz CT molecular complexity index is 241. The summed E-state index contributed by atoms with van der Waals surface area (Å²) in [6, 6.07) is 1.72. The van der Waals surface area contributed by atoms with E-state index in [0.717, 1.165) is 17.4 Å². The normalized spacial score (nSPS) is 27.0. The van der Waals surface area contributed by atoms with Crippen molar-refractivity contribution in [1.29, 1.82) is 0 Å². The third-order valence-electron chi connectivity index (χ3n) is 5.13. The van der Waals surface area contributed by atoms with Crippen LogP contribution in [0.5, 0.6) is 0 Å². The Balaban J connectivity index is 1.78. The molecule has 1 atom stereocenters. The van der Waals surface area contributed by atoms with Crippen molar-refractivity contribution >= 4 is 15.9 Å². The molecule has 2 nitrogen and oxygen atoms in total. The maximum absolute atomic E-state index is 3.64. The number of hydrogen-bond donors (Lipinski definition) is 0. The van der Waals surface area contributed by atoms with Gasteiger partial charge < -0.3 is 4.90 Å². The molecule has 2 fully saturated rings. The predicted octanol–water partition coefficient (Wildman–Crippen LogP) is 3.89. The monoisotopic (exact) mass is 330 g/mol. The molecular weight excluding hydrogens is 300 g/mol. The van der Waals surface area contributed by atoms with Crippen LogP contribution in [0.4, 0.5) is 0 Å². The van der Waals surface area contributed by atoms with Gasteiger partial charge in [0.15, 0.2) is 0 Å². The van der Waals surface area contributed by atoms with Gasteiger partial charge in [-0.1, -0.05) is 41.6 Å². The van der Waals surface area contributed by atoms with Gasteiger partial charge in [-0.3, -0.25) is 4.90 Å². The summed E-state index contributed by atoms with van der Waals surface area (Å²) in [5.41, 5.74) is 0. The zero-order chi connectivity index (χ0) is 13.5. The number of hydrogen-bond acceptors (Lipinski definition) is 2. The Hall–Kier alpha value is 0.400. The van der Waals surface area contributed by atoms with Crippen molar-refractivity contribution in [2.24, 2.45) is 0 Å². The van der Waals surface area contributed by atoms with E-state index in [2.05, 4.69) is 32.8 Å². The van der Waals surface area contributed by atoms with Crippen molar-refractivity contribution in [3.63, 3.8) is 0 Å². The first kappa shape index (κ1) is 15.8. The van der Waals surface area contributed by atoms with Crippen LogP contribution in [0.25, 0.3) is 0 Å². The van der Waals surface area contributed by atoms with Gasteiger partial charge in [-0.05, 0) is 52.2 Å². The molecule has 1 saturated heterocycles. The van der Waals surface area contributed by atoms with Gasteiger partial charge in [0.05, 0.1) is 0 Å². The minimum absolute atomic E-state index is 0.843. The highest BCUT2D eigenvalue weighted by Crippen LogP contribution is 2.24. The summed E-state index contributed by atoms with van der Waals surface area (Å²) in [6.45, 7) is 3.86. The summed E-state index contributed by atoms with van der Waals surface area (Å²) in [5, 5.41) is 1.13. The van der Waals surface area contributed by atoms with E-state index in [9.17, 15) is 0 Å². The van der Waals surface area contributed by atoms with Crippen LogP contribution in [0.15, 0.2) is 0 Å². The molecule has 0 aromatic carbocycles. The summed E-state index contributed by atoms with van der Waals surface area (Å²) in [4.78, 5) is 5.37. The molecule has 112 valence electrons. The molecule has 1 saturated carbocycles. The second kappa shape index (κ2) is 8.63. The second-order valence-corrected chi connectivity index (χ2v) is 7.23. The lowest BCUT2D eigenvalue weighted by Crippen LogP contribution is -2.43. The van der Waals surface area contributed by atoms with Gasteiger partial charge in [0.2, 0.25) is 0 Å². The van der Waals surface area contributed by atoms with Crippen molar-refractivity contribution < 1.29 is 0 Å². The van der Waals surface area contributed by atoms with Gasteiger partial charge in [-0.25, -0.2) is 0 Å². The topological polar surface area (TPSA) is 6.48 Å². The molecule has 3 heteroatoms.